The van der Waals surface area contributed by atoms with Crippen molar-refractivity contribution in [3.05, 3.63) is 39.6 Å². The molecular formula is C13H16FN3S. The summed E-state index contributed by atoms with van der Waals surface area (Å²) in [7, 11) is 1.95. The third-order valence-corrected chi connectivity index (χ3v) is 3.86. The second-order valence-corrected chi connectivity index (χ2v) is 5.32. The zero-order chi connectivity index (χ0) is 13.3. The van der Waals surface area contributed by atoms with Crippen LogP contribution in [0, 0.1) is 19.7 Å². The number of aryl methyl sites for hydroxylation is 2. The zero-order valence-corrected chi connectivity index (χ0v) is 11.5. The fourth-order valence-electron chi connectivity index (χ4n) is 1.79. The van der Waals surface area contributed by atoms with Gasteiger partial charge in [0.1, 0.15) is 5.82 Å². The SMILES string of the molecule is Cc1cc(N(C)Cc2scnc2C)c(N)cc1F. The standard InChI is InChI=1S/C13H16FN3S/c1-8-4-12(11(15)5-10(8)14)17(3)6-13-9(2)16-7-18-13/h4-5,7H,6,15H2,1-3H3. The Morgan fingerprint density at radius 1 is 1.39 bits per heavy atom. The quantitative estimate of drug-likeness (QED) is 0.867. The summed E-state index contributed by atoms with van der Waals surface area (Å²) in [5.74, 6) is -0.265. The molecular weight excluding hydrogens is 249 g/mol. The maximum Gasteiger partial charge on any atom is 0.128 e. The Morgan fingerprint density at radius 3 is 2.72 bits per heavy atom. The van der Waals surface area contributed by atoms with E-state index in [0.717, 1.165) is 17.9 Å². The Morgan fingerprint density at radius 2 is 2.11 bits per heavy atom. The molecule has 1 heterocycles. The van der Waals surface area contributed by atoms with Gasteiger partial charge in [0.25, 0.3) is 0 Å². The van der Waals surface area contributed by atoms with Gasteiger partial charge in [-0.1, -0.05) is 0 Å². The minimum Gasteiger partial charge on any atom is -0.397 e. The third kappa shape index (κ3) is 2.46. The molecule has 0 bridgehead atoms. The van der Waals surface area contributed by atoms with E-state index < -0.39 is 0 Å². The van der Waals surface area contributed by atoms with E-state index in [2.05, 4.69) is 4.98 Å². The highest BCUT2D eigenvalue weighted by Gasteiger charge is 2.11. The van der Waals surface area contributed by atoms with E-state index in [1.54, 1.807) is 24.3 Å². The van der Waals surface area contributed by atoms with Gasteiger partial charge in [-0.2, -0.15) is 0 Å². The van der Waals surface area contributed by atoms with E-state index in [9.17, 15) is 4.39 Å². The number of nitrogen functional groups attached to an aromatic ring is 1. The van der Waals surface area contributed by atoms with Crippen LogP contribution in [0.5, 0.6) is 0 Å². The van der Waals surface area contributed by atoms with E-state index in [4.69, 9.17) is 5.73 Å². The van der Waals surface area contributed by atoms with Gasteiger partial charge in [-0.3, -0.25) is 0 Å². The molecule has 0 aliphatic carbocycles. The number of rotatable bonds is 3. The molecule has 1 aromatic heterocycles. The minimum atomic E-state index is -0.265. The Kier molecular flexibility index (Phi) is 3.52. The Hall–Kier alpha value is -1.62. The number of halogens is 1. The second-order valence-electron chi connectivity index (χ2n) is 4.38. The van der Waals surface area contributed by atoms with Gasteiger partial charge in [0.15, 0.2) is 0 Å². The van der Waals surface area contributed by atoms with Crippen LogP contribution in [0.2, 0.25) is 0 Å². The highest BCUT2D eigenvalue weighted by atomic mass is 32.1. The fraction of sp³-hybridized carbons (Fsp3) is 0.308. The third-order valence-electron chi connectivity index (χ3n) is 2.94. The first-order chi connectivity index (χ1) is 8.49. The first-order valence-corrected chi connectivity index (χ1v) is 6.52. The van der Waals surface area contributed by atoms with Gasteiger partial charge in [0.05, 0.1) is 29.1 Å². The summed E-state index contributed by atoms with van der Waals surface area (Å²) in [5, 5.41) is 0. The van der Waals surface area contributed by atoms with Crippen molar-refractivity contribution in [3.63, 3.8) is 0 Å². The maximum atomic E-state index is 13.4. The summed E-state index contributed by atoms with van der Waals surface area (Å²) in [5.41, 5.74) is 10.6. The zero-order valence-electron chi connectivity index (χ0n) is 10.7. The summed E-state index contributed by atoms with van der Waals surface area (Å²) < 4.78 is 13.4. The molecule has 0 aliphatic rings. The summed E-state index contributed by atoms with van der Waals surface area (Å²) >= 11 is 1.62. The van der Waals surface area contributed by atoms with Crippen LogP contribution in [0.1, 0.15) is 16.1 Å². The lowest BCUT2D eigenvalue weighted by Gasteiger charge is -2.21. The first-order valence-electron chi connectivity index (χ1n) is 5.64. The monoisotopic (exact) mass is 265 g/mol. The van der Waals surface area contributed by atoms with Gasteiger partial charge in [0, 0.05) is 11.9 Å². The lowest BCUT2D eigenvalue weighted by atomic mass is 10.1. The Labute approximate surface area is 110 Å². The van der Waals surface area contributed by atoms with E-state index in [1.165, 1.54) is 10.9 Å². The van der Waals surface area contributed by atoms with Crippen LogP contribution in [0.4, 0.5) is 15.8 Å². The lowest BCUT2D eigenvalue weighted by molar-refractivity contribution is 0.619. The molecule has 0 spiro atoms. The highest BCUT2D eigenvalue weighted by molar-refractivity contribution is 7.09. The lowest BCUT2D eigenvalue weighted by Crippen LogP contribution is -2.18. The van der Waals surface area contributed by atoms with Crippen molar-refractivity contribution in [3.8, 4) is 0 Å². The minimum absolute atomic E-state index is 0.265. The van der Waals surface area contributed by atoms with E-state index in [1.807, 2.05) is 24.4 Å². The number of hydrogen-bond acceptors (Lipinski definition) is 4. The fourth-order valence-corrected chi connectivity index (χ4v) is 2.62. The van der Waals surface area contributed by atoms with Crippen molar-refractivity contribution in [2.45, 2.75) is 20.4 Å². The summed E-state index contributed by atoms with van der Waals surface area (Å²) in [4.78, 5) is 7.43. The van der Waals surface area contributed by atoms with Crippen LogP contribution in [-0.4, -0.2) is 12.0 Å². The van der Waals surface area contributed by atoms with Crippen LogP contribution in [0.25, 0.3) is 0 Å². The smallest absolute Gasteiger partial charge is 0.128 e. The Balaban J connectivity index is 2.26. The molecule has 1 aromatic carbocycles. The van der Waals surface area contributed by atoms with E-state index in [-0.39, 0.29) is 5.82 Å². The molecule has 2 aromatic rings. The van der Waals surface area contributed by atoms with Gasteiger partial charge in [-0.05, 0) is 31.5 Å². The van der Waals surface area contributed by atoms with Crippen molar-refractivity contribution in [1.29, 1.82) is 0 Å². The number of nitrogens with zero attached hydrogens (tertiary/aromatic N) is 2. The van der Waals surface area contributed by atoms with E-state index in [0.29, 0.717) is 11.3 Å². The predicted molar refractivity (Wildman–Crippen MR) is 74.5 cm³/mol. The van der Waals surface area contributed by atoms with E-state index >= 15 is 0 Å². The van der Waals surface area contributed by atoms with Crippen LogP contribution in [0.3, 0.4) is 0 Å². The topological polar surface area (TPSA) is 42.2 Å². The molecule has 0 fully saturated rings. The average molecular weight is 265 g/mol. The molecule has 96 valence electrons. The molecule has 0 saturated heterocycles. The van der Waals surface area contributed by atoms with Gasteiger partial charge in [-0.15, -0.1) is 11.3 Å². The van der Waals surface area contributed by atoms with Crippen LogP contribution >= 0.6 is 11.3 Å². The van der Waals surface area contributed by atoms with Crippen LogP contribution in [0.15, 0.2) is 17.6 Å². The predicted octanol–water partition coefficient (Wildman–Crippen LogP) is 3.12. The number of hydrogen-bond donors (Lipinski definition) is 1. The summed E-state index contributed by atoms with van der Waals surface area (Å²) in [6, 6.07) is 3.15. The van der Waals surface area contributed by atoms with Crippen molar-refractivity contribution in [2.24, 2.45) is 0 Å². The van der Waals surface area contributed by atoms with Gasteiger partial charge < -0.3 is 10.6 Å². The van der Waals surface area contributed by atoms with Gasteiger partial charge in [0.2, 0.25) is 0 Å². The molecule has 0 amide bonds. The molecule has 0 aliphatic heterocycles. The summed E-state index contributed by atoms with van der Waals surface area (Å²) in [6.07, 6.45) is 0. The average Bonchev–Trinajstić information content (AvgIpc) is 2.69. The van der Waals surface area contributed by atoms with Crippen LogP contribution in [-0.2, 0) is 6.54 Å². The summed E-state index contributed by atoms with van der Waals surface area (Å²) in [6.45, 7) is 4.45. The molecule has 0 unspecified atom stereocenters. The van der Waals surface area contributed by atoms with Crippen molar-refractivity contribution in [2.75, 3.05) is 17.7 Å². The normalized spacial score (nSPS) is 10.7. The molecule has 2 N–H and O–H groups in total. The largest absolute Gasteiger partial charge is 0.397 e. The number of aromatic nitrogens is 1. The number of anilines is 2. The van der Waals surface area contributed by atoms with Crippen molar-refractivity contribution >= 4 is 22.7 Å². The van der Waals surface area contributed by atoms with Crippen molar-refractivity contribution in [1.82, 2.24) is 4.98 Å². The van der Waals surface area contributed by atoms with Crippen molar-refractivity contribution < 1.29 is 4.39 Å². The van der Waals surface area contributed by atoms with Gasteiger partial charge in [-0.25, -0.2) is 9.37 Å². The molecule has 2 rings (SSSR count). The number of nitrogens with two attached hydrogens (primary N) is 1. The maximum absolute atomic E-state index is 13.4. The molecule has 5 heteroatoms. The molecule has 0 saturated carbocycles. The van der Waals surface area contributed by atoms with Gasteiger partial charge >= 0.3 is 0 Å². The highest BCUT2D eigenvalue weighted by Crippen LogP contribution is 2.27. The Bertz CT molecular complexity index is 565. The number of benzene rings is 1. The second kappa shape index (κ2) is 4.94. The molecule has 3 nitrogen and oxygen atoms in total. The number of thiazole rings is 1. The molecule has 0 atom stereocenters. The molecule has 0 radical (unpaired) electrons. The molecule has 18 heavy (non-hydrogen) atoms. The van der Waals surface area contributed by atoms with Crippen LogP contribution < -0.4 is 10.6 Å². The first kappa shape index (κ1) is 12.8.